The monoisotopic (exact) mass is 307 g/mol. The normalized spacial score (nSPS) is 21.3. The zero-order chi connectivity index (χ0) is 14.9. The Kier molecular flexibility index (Phi) is 3.90. The first-order chi connectivity index (χ1) is 10.1. The van der Waals surface area contributed by atoms with Crippen LogP contribution in [0.1, 0.15) is 6.42 Å². The van der Waals surface area contributed by atoms with Crippen LogP contribution in [-0.2, 0) is 10.0 Å². The van der Waals surface area contributed by atoms with Crippen molar-refractivity contribution in [2.45, 2.75) is 17.5 Å². The van der Waals surface area contributed by atoms with Gasteiger partial charge < -0.3 is 10.4 Å². The molecule has 1 aliphatic rings. The van der Waals surface area contributed by atoms with Crippen molar-refractivity contribution in [1.29, 1.82) is 0 Å². The third kappa shape index (κ3) is 2.65. The summed E-state index contributed by atoms with van der Waals surface area (Å²) in [6.45, 7) is 1.24. The van der Waals surface area contributed by atoms with Gasteiger partial charge in [0.05, 0.1) is 4.90 Å². The second kappa shape index (κ2) is 5.69. The van der Waals surface area contributed by atoms with Crippen molar-refractivity contribution in [3.8, 4) is 0 Å². The number of benzene rings is 1. The summed E-state index contributed by atoms with van der Waals surface area (Å²) >= 11 is 0. The molecule has 1 atom stereocenters. The number of rotatable bonds is 2. The summed E-state index contributed by atoms with van der Waals surface area (Å²) in [5.74, 6) is 0. The number of β-amino-alcohol motifs (C(OH)–C–C–N with tert-alkyl or cyclic N) is 1. The minimum Gasteiger partial charge on any atom is -0.376 e. The molecule has 1 aromatic carbocycles. The lowest BCUT2D eigenvalue weighted by Crippen LogP contribution is -2.43. The number of aliphatic hydroxyl groups excluding tert-OH is 1. The second-order valence-corrected chi connectivity index (χ2v) is 6.87. The molecule has 1 aromatic heterocycles. The van der Waals surface area contributed by atoms with E-state index in [4.69, 9.17) is 0 Å². The van der Waals surface area contributed by atoms with Crippen molar-refractivity contribution in [1.82, 2.24) is 14.6 Å². The van der Waals surface area contributed by atoms with Gasteiger partial charge in [-0.05, 0) is 25.1 Å². The van der Waals surface area contributed by atoms with Gasteiger partial charge in [-0.15, -0.1) is 0 Å². The van der Waals surface area contributed by atoms with Crippen molar-refractivity contribution < 1.29 is 13.5 Å². The van der Waals surface area contributed by atoms with Crippen LogP contribution >= 0.6 is 0 Å². The molecule has 1 fully saturated rings. The molecule has 2 N–H and O–H groups in total. The van der Waals surface area contributed by atoms with E-state index in [0.717, 1.165) is 5.39 Å². The van der Waals surface area contributed by atoms with Crippen LogP contribution < -0.4 is 5.32 Å². The number of pyridine rings is 1. The van der Waals surface area contributed by atoms with Gasteiger partial charge in [0, 0.05) is 36.3 Å². The first kappa shape index (κ1) is 14.4. The number of hydrogen-bond acceptors (Lipinski definition) is 5. The van der Waals surface area contributed by atoms with Crippen molar-refractivity contribution in [2.24, 2.45) is 0 Å². The molecule has 0 aliphatic carbocycles. The maximum Gasteiger partial charge on any atom is 0.245 e. The Hall–Kier alpha value is -1.54. The summed E-state index contributed by atoms with van der Waals surface area (Å²) in [6.07, 6.45) is 2.83. The Morgan fingerprint density at radius 3 is 3.05 bits per heavy atom. The smallest absolute Gasteiger partial charge is 0.245 e. The second-order valence-electron chi connectivity index (χ2n) is 5.01. The highest BCUT2D eigenvalue weighted by molar-refractivity contribution is 7.89. The molecule has 3 rings (SSSR count). The van der Waals surface area contributed by atoms with E-state index in [-0.39, 0.29) is 11.4 Å². The van der Waals surface area contributed by atoms with E-state index < -0.39 is 16.3 Å². The Balaban J connectivity index is 2.11. The van der Waals surface area contributed by atoms with E-state index in [2.05, 4.69) is 10.3 Å². The zero-order valence-electron chi connectivity index (χ0n) is 11.4. The SMILES string of the molecule is O=S(=O)(c1cccc2cnccc12)N1CCCNC[C@@H]1O. The van der Waals surface area contributed by atoms with E-state index in [9.17, 15) is 13.5 Å². The topological polar surface area (TPSA) is 82.5 Å². The van der Waals surface area contributed by atoms with Gasteiger partial charge in [-0.1, -0.05) is 12.1 Å². The standard InChI is InChI=1S/C14H17N3O3S/c18-14-10-15-6-2-8-17(14)21(19,20)13-4-1-3-11-9-16-7-5-12(11)13/h1,3-5,7,9,14-15,18H,2,6,8,10H2/t14-/m0/s1. The minimum atomic E-state index is -3.75. The Bertz CT molecular complexity index is 743. The van der Waals surface area contributed by atoms with Crippen LogP contribution in [-0.4, -0.2) is 48.7 Å². The number of nitrogens with one attached hydrogen (secondary N) is 1. The molecule has 1 aliphatic heterocycles. The van der Waals surface area contributed by atoms with Crippen LogP contribution in [0.15, 0.2) is 41.6 Å². The number of aliphatic hydroxyl groups is 1. The van der Waals surface area contributed by atoms with Gasteiger partial charge >= 0.3 is 0 Å². The van der Waals surface area contributed by atoms with Crippen LogP contribution in [0.5, 0.6) is 0 Å². The zero-order valence-corrected chi connectivity index (χ0v) is 12.3. The molecule has 21 heavy (non-hydrogen) atoms. The Morgan fingerprint density at radius 2 is 2.19 bits per heavy atom. The Labute approximate surface area is 123 Å². The number of nitrogens with zero attached hydrogens (tertiary/aromatic N) is 2. The van der Waals surface area contributed by atoms with Crippen LogP contribution in [0, 0.1) is 0 Å². The summed E-state index contributed by atoms with van der Waals surface area (Å²) in [5.41, 5.74) is 0. The third-order valence-corrected chi connectivity index (χ3v) is 5.57. The van der Waals surface area contributed by atoms with Crippen molar-refractivity contribution in [2.75, 3.05) is 19.6 Å². The highest BCUT2D eigenvalue weighted by Gasteiger charge is 2.32. The van der Waals surface area contributed by atoms with E-state index >= 15 is 0 Å². The molecule has 2 aromatic rings. The average molecular weight is 307 g/mol. The molecule has 6 nitrogen and oxygen atoms in total. The molecule has 1 saturated heterocycles. The number of fused-ring (bicyclic) bond motifs is 1. The van der Waals surface area contributed by atoms with Gasteiger partial charge in [-0.2, -0.15) is 4.31 Å². The molecule has 112 valence electrons. The molecule has 0 bridgehead atoms. The molecule has 0 saturated carbocycles. The molecule has 0 amide bonds. The summed E-state index contributed by atoms with van der Waals surface area (Å²) in [4.78, 5) is 4.22. The van der Waals surface area contributed by atoms with Gasteiger partial charge in [0.1, 0.15) is 6.23 Å². The van der Waals surface area contributed by atoms with Gasteiger partial charge in [0.25, 0.3) is 0 Å². The van der Waals surface area contributed by atoms with Gasteiger partial charge in [-0.3, -0.25) is 4.98 Å². The molecule has 2 heterocycles. The van der Waals surface area contributed by atoms with Crippen LogP contribution in [0.2, 0.25) is 0 Å². The average Bonchev–Trinajstić information content (AvgIpc) is 2.71. The van der Waals surface area contributed by atoms with E-state index in [0.29, 0.717) is 24.9 Å². The van der Waals surface area contributed by atoms with Gasteiger partial charge in [0.2, 0.25) is 10.0 Å². The fourth-order valence-electron chi connectivity index (χ4n) is 2.57. The maximum absolute atomic E-state index is 12.9. The predicted octanol–water partition coefficient (Wildman–Crippen LogP) is 0.537. The quantitative estimate of drug-likeness (QED) is 0.846. The molecular weight excluding hydrogens is 290 g/mol. The highest BCUT2D eigenvalue weighted by Crippen LogP contribution is 2.26. The van der Waals surface area contributed by atoms with Gasteiger partial charge in [0.15, 0.2) is 0 Å². The first-order valence-corrected chi connectivity index (χ1v) is 8.28. The van der Waals surface area contributed by atoms with Crippen LogP contribution in [0.3, 0.4) is 0 Å². The van der Waals surface area contributed by atoms with Crippen LogP contribution in [0.25, 0.3) is 10.8 Å². The summed E-state index contributed by atoms with van der Waals surface area (Å²) in [6, 6.07) is 6.77. The minimum absolute atomic E-state index is 0.211. The molecule has 0 spiro atoms. The Morgan fingerprint density at radius 1 is 1.33 bits per heavy atom. The fourth-order valence-corrected chi connectivity index (χ4v) is 4.30. The van der Waals surface area contributed by atoms with E-state index in [1.165, 1.54) is 4.31 Å². The lowest BCUT2D eigenvalue weighted by Gasteiger charge is -2.25. The van der Waals surface area contributed by atoms with Crippen LogP contribution in [0.4, 0.5) is 0 Å². The van der Waals surface area contributed by atoms with Gasteiger partial charge in [-0.25, -0.2) is 8.42 Å². The maximum atomic E-state index is 12.9. The van der Waals surface area contributed by atoms with Crippen molar-refractivity contribution in [3.05, 3.63) is 36.7 Å². The number of aromatic nitrogens is 1. The fraction of sp³-hybridized carbons (Fsp3) is 0.357. The summed E-state index contributed by atoms with van der Waals surface area (Å²) in [5, 5.41) is 14.5. The van der Waals surface area contributed by atoms with E-state index in [1.54, 1.807) is 30.6 Å². The summed E-state index contributed by atoms with van der Waals surface area (Å²) in [7, 11) is -3.75. The first-order valence-electron chi connectivity index (χ1n) is 6.84. The third-order valence-electron chi connectivity index (χ3n) is 3.62. The number of sulfonamides is 1. The molecular formula is C14H17N3O3S. The van der Waals surface area contributed by atoms with Crippen molar-refractivity contribution in [3.63, 3.8) is 0 Å². The largest absolute Gasteiger partial charge is 0.376 e. The lowest BCUT2D eigenvalue weighted by molar-refractivity contribution is 0.0726. The summed E-state index contributed by atoms with van der Waals surface area (Å²) < 4.78 is 26.9. The van der Waals surface area contributed by atoms with Crippen molar-refractivity contribution >= 4 is 20.8 Å². The lowest BCUT2D eigenvalue weighted by atomic mass is 10.2. The van der Waals surface area contributed by atoms with E-state index in [1.807, 2.05) is 6.07 Å². The molecule has 7 heteroatoms. The molecule has 0 radical (unpaired) electrons. The predicted molar refractivity (Wildman–Crippen MR) is 79.1 cm³/mol. The molecule has 0 unspecified atom stereocenters. The number of hydrogen-bond donors (Lipinski definition) is 2. The highest BCUT2D eigenvalue weighted by atomic mass is 32.2.